The molecule has 150 valence electrons. The van der Waals surface area contributed by atoms with E-state index in [9.17, 15) is 4.79 Å². The number of benzene rings is 2. The monoisotopic (exact) mass is 378 g/mol. The van der Waals surface area contributed by atoms with Crippen molar-refractivity contribution in [3.8, 4) is 5.75 Å². The first-order valence-electron chi connectivity index (χ1n) is 9.98. The Morgan fingerprint density at radius 3 is 1.93 bits per heavy atom. The van der Waals surface area contributed by atoms with E-state index in [1.807, 2.05) is 30.3 Å². The van der Waals surface area contributed by atoms with Crippen LogP contribution in [0, 0.1) is 6.92 Å². The van der Waals surface area contributed by atoms with E-state index >= 15 is 0 Å². The number of hydrogen-bond acceptors (Lipinski definition) is 2. The van der Waals surface area contributed by atoms with Gasteiger partial charge in [0, 0.05) is 11.1 Å². The van der Waals surface area contributed by atoms with Crippen LogP contribution in [0.15, 0.2) is 55.1 Å². The molecule has 2 rings (SSSR count). The summed E-state index contributed by atoms with van der Waals surface area (Å²) in [6, 6.07) is 14.1. The predicted octanol–water partition coefficient (Wildman–Crippen LogP) is 6.86. The van der Waals surface area contributed by atoms with E-state index in [-0.39, 0.29) is 22.7 Å². The van der Waals surface area contributed by atoms with Crippen molar-refractivity contribution in [3.63, 3.8) is 0 Å². The Balaban J connectivity index is 2.57. The summed E-state index contributed by atoms with van der Waals surface area (Å²) in [5.41, 5.74) is 3.99. The summed E-state index contributed by atoms with van der Waals surface area (Å²) in [4.78, 5) is 13.3. The number of rotatable bonds is 5. The molecule has 0 spiro atoms. The second-order valence-corrected chi connectivity index (χ2v) is 9.60. The van der Waals surface area contributed by atoms with Crippen LogP contribution in [0.1, 0.15) is 76.1 Å². The highest BCUT2D eigenvalue weighted by Gasteiger charge is 2.30. The molecule has 2 nitrogen and oxygen atoms in total. The summed E-state index contributed by atoms with van der Waals surface area (Å²) < 4.78 is 6.17. The van der Waals surface area contributed by atoms with E-state index in [0.29, 0.717) is 12.2 Å². The minimum atomic E-state index is -0.361. The molecule has 2 aromatic carbocycles. The lowest BCUT2D eigenvalue weighted by atomic mass is 9.78. The first kappa shape index (κ1) is 21.9. The fourth-order valence-corrected chi connectivity index (χ4v) is 3.39. The van der Waals surface area contributed by atoms with Gasteiger partial charge in [0.25, 0.3) is 0 Å². The van der Waals surface area contributed by atoms with Crippen LogP contribution >= 0.6 is 0 Å². The van der Waals surface area contributed by atoms with Gasteiger partial charge in [-0.3, -0.25) is 4.79 Å². The number of esters is 1. The number of carbonyl (C=O) groups is 1. The number of aryl methyl sites for hydroxylation is 1. The molecule has 0 radical (unpaired) electrons. The molecule has 0 unspecified atom stereocenters. The second kappa shape index (κ2) is 8.34. The van der Waals surface area contributed by atoms with Crippen LogP contribution < -0.4 is 4.74 Å². The van der Waals surface area contributed by atoms with E-state index in [0.717, 1.165) is 16.7 Å². The lowest BCUT2D eigenvalue weighted by molar-refractivity contribution is -0.136. The highest BCUT2D eigenvalue weighted by Crippen LogP contribution is 2.41. The lowest BCUT2D eigenvalue weighted by Crippen LogP contribution is -2.25. The molecular weight excluding hydrogens is 344 g/mol. The molecule has 0 fully saturated rings. The molecule has 1 atom stereocenters. The topological polar surface area (TPSA) is 26.3 Å². The molecule has 0 heterocycles. The van der Waals surface area contributed by atoms with E-state index in [1.165, 1.54) is 5.56 Å². The van der Waals surface area contributed by atoms with Crippen LogP contribution in [0.25, 0.3) is 0 Å². The molecule has 0 aliphatic heterocycles. The highest BCUT2D eigenvalue weighted by atomic mass is 16.5. The Morgan fingerprint density at radius 2 is 1.50 bits per heavy atom. The van der Waals surface area contributed by atoms with Gasteiger partial charge in [-0.2, -0.15) is 0 Å². The summed E-state index contributed by atoms with van der Waals surface area (Å²) in [5, 5.41) is 0. The molecule has 28 heavy (non-hydrogen) atoms. The maximum atomic E-state index is 13.3. The Labute approximate surface area is 170 Å². The number of hydrogen-bond donors (Lipinski definition) is 0. The van der Waals surface area contributed by atoms with Gasteiger partial charge in [-0.15, -0.1) is 6.58 Å². The van der Waals surface area contributed by atoms with E-state index < -0.39 is 0 Å². The third kappa shape index (κ3) is 5.13. The quantitative estimate of drug-likeness (QED) is 0.323. The van der Waals surface area contributed by atoms with Crippen molar-refractivity contribution in [3.05, 3.63) is 77.4 Å². The molecule has 0 aliphatic rings. The normalized spacial score (nSPS) is 13.1. The minimum absolute atomic E-state index is 0.137. The fourth-order valence-electron chi connectivity index (χ4n) is 3.39. The standard InChI is InChI=1S/C26H34O2/c1-9-13-20(19-14-11-10-12-15-19)24(27)28-23-21(25(3,4)5)16-18(2)17-22(23)26(6,7)8/h9-12,14-17,20H,1,13H2,2-8H3/t20-/m0/s1. The van der Waals surface area contributed by atoms with Crippen molar-refractivity contribution in [1.29, 1.82) is 0 Å². The van der Waals surface area contributed by atoms with Gasteiger partial charge >= 0.3 is 5.97 Å². The van der Waals surface area contributed by atoms with Crippen LogP contribution in [0.4, 0.5) is 0 Å². The van der Waals surface area contributed by atoms with Gasteiger partial charge in [0.1, 0.15) is 5.75 Å². The van der Waals surface area contributed by atoms with Crippen LogP contribution in [0.2, 0.25) is 0 Å². The molecule has 0 saturated carbocycles. The van der Waals surface area contributed by atoms with Crippen molar-refractivity contribution in [2.45, 2.75) is 71.6 Å². The van der Waals surface area contributed by atoms with Crippen LogP contribution in [0.5, 0.6) is 5.75 Å². The molecule has 0 N–H and O–H groups in total. The zero-order valence-electron chi connectivity index (χ0n) is 18.4. The molecule has 0 amide bonds. The molecular formula is C26H34O2. The van der Waals surface area contributed by atoms with E-state index in [2.05, 4.69) is 67.2 Å². The second-order valence-electron chi connectivity index (χ2n) is 9.60. The van der Waals surface area contributed by atoms with Crippen molar-refractivity contribution in [1.82, 2.24) is 0 Å². The Bertz CT molecular complexity index is 798. The molecule has 2 aromatic rings. The number of carbonyl (C=O) groups excluding carboxylic acids is 1. The average Bonchev–Trinajstić information content (AvgIpc) is 2.59. The van der Waals surface area contributed by atoms with Crippen LogP contribution in [-0.4, -0.2) is 5.97 Å². The Kier molecular flexibility index (Phi) is 6.54. The summed E-state index contributed by atoms with van der Waals surface area (Å²) in [5.74, 6) is 0.118. The largest absolute Gasteiger partial charge is 0.425 e. The minimum Gasteiger partial charge on any atom is -0.425 e. The van der Waals surface area contributed by atoms with Gasteiger partial charge < -0.3 is 4.74 Å². The smallest absolute Gasteiger partial charge is 0.319 e. The highest BCUT2D eigenvalue weighted by molar-refractivity contribution is 5.81. The molecule has 0 aromatic heterocycles. The van der Waals surface area contributed by atoms with Gasteiger partial charge in [-0.25, -0.2) is 0 Å². The SMILES string of the molecule is C=CC[C@H](C(=O)Oc1c(C(C)(C)C)cc(C)cc1C(C)(C)C)c1ccccc1. The number of ether oxygens (including phenoxy) is 1. The third-order valence-corrected chi connectivity index (χ3v) is 4.94. The molecule has 0 aliphatic carbocycles. The van der Waals surface area contributed by atoms with Crippen LogP contribution in [0.3, 0.4) is 0 Å². The van der Waals surface area contributed by atoms with Gasteiger partial charge in [-0.1, -0.05) is 95.6 Å². The fraction of sp³-hybridized carbons (Fsp3) is 0.423. The number of allylic oxidation sites excluding steroid dienone is 1. The van der Waals surface area contributed by atoms with Gasteiger partial charge in [0.15, 0.2) is 0 Å². The summed E-state index contributed by atoms with van der Waals surface area (Å²) >= 11 is 0. The van der Waals surface area contributed by atoms with Crippen molar-refractivity contribution >= 4 is 5.97 Å². The van der Waals surface area contributed by atoms with Crippen LogP contribution in [-0.2, 0) is 15.6 Å². The van der Waals surface area contributed by atoms with Gasteiger partial charge in [0.05, 0.1) is 5.92 Å². The lowest BCUT2D eigenvalue weighted by Gasteiger charge is -2.30. The zero-order chi connectivity index (χ0) is 21.1. The first-order valence-corrected chi connectivity index (χ1v) is 9.98. The summed E-state index contributed by atoms with van der Waals surface area (Å²) in [6.07, 6.45) is 2.33. The molecule has 0 bridgehead atoms. The maximum absolute atomic E-state index is 13.3. The first-order chi connectivity index (χ1) is 12.9. The maximum Gasteiger partial charge on any atom is 0.319 e. The summed E-state index contributed by atoms with van der Waals surface area (Å²) in [7, 11) is 0. The van der Waals surface area contributed by atoms with E-state index in [1.54, 1.807) is 6.08 Å². The average molecular weight is 379 g/mol. The Hall–Kier alpha value is -2.35. The van der Waals surface area contributed by atoms with Gasteiger partial charge in [-0.05, 0) is 29.7 Å². The predicted molar refractivity (Wildman–Crippen MR) is 118 cm³/mol. The van der Waals surface area contributed by atoms with Crippen molar-refractivity contribution in [2.24, 2.45) is 0 Å². The zero-order valence-corrected chi connectivity index (χ0v) is 18.4. The third-order valence-electron chi connectivity index (χ3n) is 4.94. The molecule has 2 heteroatoms. The Morgan fingerprint density at radius 1 is 1.00 bits per heavy atom. The van der Waals surface area contributed by atoms with Crippen molar-refractivity contribution < 1.29 is 9.53 Å². The molecule has 0 saturated heterocycles. The van der Waals surface area contributed by atoms with Crippen molar-refractivity contribution in [2.75, 3.05) is 0 Å². The van der Waals surface area contributed by atoms with E-state index in [4.69, 9.17) is 4.74 Å². The van der Waals surface area contributed by atoms with Gasteiger partial charge in [0.2, 0.25) is 0 Å². The summed E-state index contributed by atoms with van der Waals surface area (Å²) in [6.45, 7) is 18.9.